The number of rotatable bonds is 3. The maximum Gasteiger partial charge on any atom is 0.417 e. The van der Waals surface area contributed by atoms with Crippen LogP contribution in [0.3, 0.4) is 0 Å². The average Bonchev–Trinajstić information content (AvgIpc) is 2.58. The summed E-state index contributed by atoms with van der Waals surface area (Å²) in [5.41, 5.74) is 4.58. The van der Waals surface area contributed by atoms with Gasteiger partial charge in [-0.15, -0.1) is 0 Å². The summed E-state index contributed by atoms with van der Waals surface area (Å²) in [6.07, 6.45) is -4.61. The lowest BCUT2D eigenvalue weighted by Gasteiger charge is -2.11. The number of amides is 2. The summed E-state index contributed by atoms with van der Waals surface area (Å²) >= 11 is 0. The molecule has 7 heteroatoms. The van der Waals surface area contributed by atoms with Crippen molar-refractivity contribution in [1.82, 2.24) is 5.32 Å². The number of hydrogen-bond donors (Lipinski definition) is 2. The molecule has 0 unspecified atom stereocenters. The van der Waals surface area contributed by atoms with Gasteiger partial charge in [-0.3, -0.25) is 9.59 Å². The van der Waals surface area contributed by atoms with Gasteiger partial charge in [0.25, 0.3) is 5.91 Å². The van der Waals surface area contributed by atoms with E-state index in [4.69, 9.17) is 5.73 Å². The molecule has 128 valence electrons. The van der Waals surface area contributed by atoms with Crippen LogP contribution in [0, 0.1) is 11.8 Å². The number of primary amides is 1. The molecule has 0 saturated carbocycles. The van der Waals surface area contributed by atoms with Crippen molar-refractivity contribution in [2.45, 2.75) is 6.18 Å². The van der Waals surface area contributed by atoms with Crippen molar-refractivity contribution < 1.29 is 22.8 Å². The molecule has 0 saturated heterocycles. The topological polar surface area (TPSA) is 72.2 Å². The van der Waals surface area contributed by atoms with Crippen molar-refractivity contribution in [2.24, 2.45) is 5.73 Å². The van der Waals surface area contributed by atoms with Gasteiger partial charge in [0.05, 0.1) is 17.7 Å². The van der Waals surface area contributed by atoms with E-state index in [-0.39, 0.29) is 6.54 Å². The Labute approximate surface area is 141 Å². The minimum atomic E-state index is -4.61. The highest BCUT2D eigenvalue weighted by molar-refractivity contribution is 5.96. The molecule has 0 bridgehead atoms. The van der Waals surface area contributed by atoms with Crippen molar-refractivity contribution in [3.05, 3.63) is 70.8 Å². The highest BCUT2D eigenvalue weighted by Crippen LogP contribution is 2.31. The van der Waals surface area contributed by atoms with Crippen LogP contribution in [0.5, 0.6) is 0 Å². The van der Waals surface area contributed by atoms with E-state index in [1.165, 1.54) is 24.3 Å². The summed E-state index contributed by atoms with van der Waals surface area (Å²) in [6, 6.07) is 10.7. The minimum absolute atomic E-state index is 0.122. The molecule has 3 N–H and O–H groups in total. The smallest absolute Gasteiger partial charge is 0.366 e. The van der Waals surface area contributed by atoms with Crippen LogP contribution in [0.15, 0.2) is 48.5 Å². The van der Waals surface area contributed by atoms with Crippen LogP contribution in [0.25, 0.3) is 0 Å². The lowest BCUT2D eigenvalue weighted by Crippen LogP contribution is -2.26. The van der Waals surface area contributed by atoms with E-state index >= 15 is 0 Å². The van der Waals surface area contributed by atoms with Gasteiger partial charge in [-0.2, -0.15) is 13.2 Å². The molecule has 2 amide bonds. The molecule has 0 aliphatic heterocycles. The molecule has 0 spiro atoms. The molecule has 0 aliphatic carbocycles. The standard InChI is InChI=1S/C18H13F3N2O2/c19-18(20,21)15-6-2-1-5-14(15)17(25)23-11-3-4-12-7-9-13(10-8-12)16(22)24/h1-2,5-10H,11H2,(H2,22,24)(H,23,25). The summed E-state index contributed by atoms with van der Waals surface area (Å²) in [6.45, 7) is -0.122. The lowest BCUT2D eigenvalue weighted by atomic mass is 10.1. The Balaban J connectivity index is 2.01. The van der Waals surface area contributed by atoms with Crippen LogP contribution in [-0.4, -0.2) is 18.4 Å². The Bertz CT molecular complexity index is 847. The highest BCUT2D eigenvalue weighted by Gasteiger charge is 2.34. The minimum Gasteiger partial charge on any atom is -0.366 e. The number of benzene rings is 2. The van der Waals surface area contributed by atoms with Gasteiger partial charge in [0.1, 0.15) is 0 Å². The van der Waals surface area contributed by atoms with Gasteiger partial charge < -0.3 is 11.1 Å². The molecule has 25 heavy (non-hydrogen) atoms. The van der Waals surface area contributed by atoms with E-state index in [0.717, 1.165) is 12.1 Å². The monoisotopic (exact) mass is 346 g/mol. The fraction of sp³-hybridized carbons (Fsp3) is 0.111. The van der Waals surface area contributed by atoms with Gasteiger partial charge in [0, 0.05) is 11.1 Å². The third-order valence-corrected chi connectivity index (χ3v) is 3.22. The van der Waals surface area contributed by atoms with Gasteiger partial charge in [-0.05, 0) is 36.4 Å². The molecule has 0 fully saturated rings. The van der Waals surface area contributed by atoms with Gasteiger partial charge in [-0.25, -0.2) is 0 Å². The summed E-state index contributed by atoms with van der Waals surface area (Å²) < 4.78 is 38.6. The maximum absolute atomic E-state index is 12.9. The first-order chi connectivity index (χ1) is 11.8. The quantitative estimate of drug-likeness (QED) is 0.839. The average molecular weight is 346 g/mol. The normalized spacial score (nSPS) is 10.5. The second-order valence-electron chi connectivity index (χ2n) is 4.97. The molecule has 2 rings (SSSR count). The largest absolute Gasteiger partial charge is 0.417 e. The number of nitrogens with two attached hydrogens (primary N) is 1. The molecule has 0 atom stereocenters. The predicted molar refractivity (Wildman–Crippen MR) is 85.6 cm³/mol. The van der Waals surface area contributed by atoms with E-state index in [9.17, 15) is 22.8 Å². The van der Waals surface area contributed by atoms with Crippen LogP contribution in [0.1, 0.15) is 31.8 Å². The van der Waals surface area contributed by atoms with Gasteiger partial charge in [-0.1, -0.05) is 24.0 Å². The second-order valence-corrected chi connectivity index (χ2v) is 4.97. The van der Waals surface area contributed by atoms with Crippen LogP contribution < -0.4 is 11.1 Å². The zero-order chi connectivity index (χ0) is 18.4. The van der Waals surface area contributed by atoms with E-state index in [2.05, 4.69) is 17.2 Å². The number of carbonyl (C=O) groups is 2. The van der Waals surface area contributed by atoms with Crippen molar-refractivity contribution in [2.75, 3.05) is 6.54 Å². The Hall–Kier alpha value is -3.27. The zero-order valence-corrected chi connectivity index (χ0v) is 12.9. The van der Waals surface area contributed by atoms with Crippen LogP contribution in [0.4, 0.5) is 13.2 Å². The fourth-order valence-corrected chi connectivity index (χ4v) is 2.01. The summed E-state index contributed by atoms with van der Waals surface area (Å²) in [4.78, 5) is 22.9. The molecule has 4 nitrogen and oxygen atoms in total. The third kappa shape index (κ3) is 4.85. The Morgan fingerprint density at radius 2 is 1.68 bits per heavy atom. The molecule has 2 aromatic rings. The van der Waals surface area contributed by atoms with Crippen molar-refractivity contribution >= 4 is 11.8 Å². The van der Waals surface area contributed by atoms with Gasteiger partial charge in [0.15, 0.2) is 0 Å². The summed E-state index contributed by atoms with van der Waals surface area (Å²) in [7, 11) is 0. The molecular weight excluding hydrogens is 333 g/mol. The maximum atomic E-state index is 12.9. The number of hydrogen-bond acceptors (Lipinski definition) is 2. The first-order valence-corrected chi connectivity index (χ1v) is 7.12. The Kier molecular flexibility index (Phi) is 5.45. The molecule has 0 aliphatic rings. The Morgan fingerprint density at radius 3 is 2.28 bits per heavy atom. The van der Waals surface area contributed by atoms with Crippen molar-refractivity contribution in [3.8, 4) is 11.8 Å². The molecule has 0 heterocycles. The van der Waals surface area contributed by atoms with Gasteiger partial charge in [0.2, 0.25) is 5.91 Å². The lowest BCUT2D eigenvalue weighted by molar-refractivity contribution is -0.137. The number of halogens is 3. The van der Waals surface area contributed by atoms with E-state index in [1.807, 2.05) is 0 Å². The van der Waals surface area contributed by atoms with Crippen LogP contribution in [0.2, 0.25) is 0 Å². The summed E-state index contributed by atoms with van der Waals surface area (Å²) in [5, 5.41) is 2.32. The van der Waals surface area contributed by atoms with Crippen LogP contribution in [-0.2, 0) is 6.18 Å². The zero-order valence-electron chi connectivity index (χ0n) is 12.9. The molecular formula is C18H13F3N2O2. The van der Waals surface area contributed by atoms with E-state index in [1.54, 1.807) is 12.1 Å². The fourth-order valence-electron chi connectivity index (χ4n) is 2.01. The number of carbonyl (C=O) groups excluding carboxylic acids is 2. The van der Waals surface area contributed by atoms with E-state index < -0.39 is 29.1 Å². The first kappa shape index (κ1) is 18.1. The van der Waals surface area contributed by atoms with Crippen molar-refractivity contribution in [1.29, 1.82) is 0 Å². The van der Waals surface area contributed by atoms with Crippen molar-refractivity contribution in [3.63, 3.8) is 0 Å². The van der Waals surface area contributed by atoms with E-state index in [0.29, 0.717) is 11.1 Å². The number of nitrogens with one attached hydrogen (secondary N) is 1. The molecule has 0 radical (unpaired) electrons. The summed E-state index contributed by atoms with van der Waals surface area (Å²) in [5.74, 6) is 3.94. The predicted octanol–water partition coefficient (Wildman–Crippen LogP) is 2.59. The highest BCUT2D eigenvalue weighted by atomic mass is 19.4. The van der Waals surface area contributed by atoms with Gasteiger partial charge >= 0.3 is 6.18 Å². The third-order valence-electron chi connectivity index (χ3n) is 3.22. The first-order valence-electron chi connectivity index (χ1n) is 7.12. The molecule has 0 aromatic heterocycles. The molecule has 2 aromatic carbocycles. The van der Waals surface area contributed by atoms with Crippen LogP contribution >= 0.6 is 0 Å². The Morgan fingerprint density at radius 1 is 1.04 bits per heavy atom. The SMILES string of the molecule is NC(=O)c1ccc(C#CCNC(=O)c2ccccc2C(F)(F)F)cc1. The second kappa shape index (κ2) is 7.53. The number of alkyl halides is 3.